The van der Waals surface area contributed by atoms with Crippen LogP contribution in [0.1, 0.15) is 55.9 Å². The number of aromatic nitrogens is 2. The Hall–Kier alpha value is -2.63. The van der Waals surface area contributed by atoms with E-state index in [9.17, 15) is 9.59 Å². The fourth-order valence-corrected chi connectivity index (χ4v) is 3.00. The van der Waals surface area contributed by atoms with Crippen molar-refractivity contribution in [3.05, 3.63) is 42.1 Å². The monoisotopic (exact) mass is 340 g/mol. The molecule has 1 atom stereocenters. The van der Waals surface area contributed by atoms with Crippen molar-refractivity contribution in [3.63, 3.8) is 0 Å². The van der Waals surface area contributed by atoms with Gasteiger partial charge in [0.1, 0.15) is 5.82 Å². The molecule has 1 aliphatic rings. The molecule has 0 spiro atoms. The number of nitrogens with one attached hydrogen (secondary N) is 1. The number of benzene rings is 1. The Bertz CT molecular complexity index is 751. The number of carbonyl (C=O) groups is 2. The van der Waals surface area contributed by atoms with E-state index in [1.165, 1.54) is 0 Å². The summed E-state index contributed by atoms with van der Waals surface area (Å²) in [5.74, 6) is 0.664. The smallest absolute Gasteiger partial charge is 0.256 e. The molecule has 1 saturated heterocycles. The lowest BCUT2D eigenvalue weighted by molar-refractivity contribution is -0.119. The second kappa shape index (κ2) is 7.51. The predicted molar refractivity (Wildman–Crippen MR) is 97.8 cm³/mol. The summed E-state index contributed by atoms with van der Waals surface area (Å²) in [6, 6.07) is 9.21. The van der Waals surface area contributed by atoms with E-state index in [1.807, 2.05) is 16.8 Å². The van der Waals surface area contributed by atoms with Gasteiger partial charge in [-0.3, -0.25) is 9.59 Å². The van der Waals surface area contributed by atoms with Crippen LogP contribution in [0, 0.1) is 0 Å². The highest BCUT2D eigenvalue weighted by Crippen LogP contribution is 2.22. The van der Waals surface area contributed by atoms with Crippen molar-refractivity contribution in [1.29, 1.82) is 0 Å². The Morgan fingerprint density at radius 2 is 2.00 bits per heavy atom. The molecule has 0 radical (unpaired) electrons. The number of piperidine rings is 1. The topological polar surface area (TPSA) is 67.2 Å². The minimum Gasteiger partial charge on any atom is -0.312 e. The maximum absolute atomic E-state index is 12.5. The van der Waals surface area contributed by atoms with Gasteiger partial charge in [0.25, 0.3) is 5.91 Å². The van der Waals surface area contributed by atoms with E-state index >= 15 is 0 Å². The number of hydrogen-bond acceptors (Lipinski definition) is 3. The van der Waals surface area contributed by atoms with Crippen LogP contribution in [0.15, 0.2) is 36.5 Å². The van der Waals surface area contributed by atoms with Crippen molar-refractivity contribution in [3.8, 4) is 0 Å². The van der Waals surface area contributed by atoms with Crippen LogP contribution in [0.3, 0.4) is 0 Å². The van der Waals surface area contributed by atoms with Crippen molar-refractivity contribution >= 4 is 23.3 Å². The lowest BCUT2D eigenvalue weighted by atomic mass is 10.1. The number of anilines is 2. The number of hydrogen-bond donors (Lipinski definition) is 1. The molecule has 2 heterocycles. The quantitative estimate of drug-likeness (QED) is 0.904. The first kappa shape index (κ1) is 17.2. The molecular formula is C19H24N4O2. The molecule has 2 amide bonds. The van der Waals surface area contributed by atoms with E-state index in [1.54, 1.807) is 29.3 Å². The van der Waals surface area contributed by atoms with Gasteiger partial charge in [0.15, 0.2) is 0 Å². The number of rotatable bonds is 5. The van der Waals surface area contributed by atoms with Gasteiger partial charge >= 0.3 is 0 Å². The first-order chi connectivity index (χ1) is 12.1. The first-order valence-corrected chi connectivity index (χ1v) is 8.85. The highest BCUT2D eigenvalue weighted by atomic mass is 16.2. The zero-order valence-electron chi connectivity index (χ0n) is 14.7. The van der Waals surface area contributed by atoms with Crippen LogP contribution in [0.4, 0.5) is 11.5 Å². The SMILES string of the molecule is CCC(C)n1nccc1NC(=O)c1ccc(N2CCCCC2=O)cc1. The van der Waals surface area contributed by atoms with Crippen LogP contribution in [0.2, 0.25) is 0 Å². The highest BCUT2D eigenvalue weighted by Gasteiger charge is 2.20. The molecule has 1 unspecified atom stereocenters. The summed E-state index contributed by atoms with van der Waals surface area (Å²) < 4.78 is 1.82. The van der Waals surface area contributed by atoms with Gasteiger partial charge in [-0.15, -0.1) is 0 Å². The molecule has 1 aromatic heterocycles. The Kier molecular flexibility index (Phi) is 5.16. The van der Waals surface area contributed by atoms with Crippen molar-refractivity contribution in [2.45, 2.75) is 45.6 Å². The van der Waals surface area contributed by atoms with Gasteiger partial charge in [-0.05, 0) is 50.5 Å². The van der Waals surface area contributed by atoms with Gasteiger partial charge < -0.3 is 10.2 Å². The second-order valence-electron chi connectivity index (χ2n) is 6.42. The molecule has 6 heteroatoms. The van der Waals surface area contributed by atoms with Crippen LogP contribution in [-0.2, 0) is 4.79 Å². The fourth-order valence-electron chi connectivity index (χ4n) is 3.00. The molecule has 3 rings (SSSR count). The van der Waals surface area contributed by atoms with Gasteiger partial charge in [-0.1, -0.05) is 6.92 Å². The summed E-state index contributed by atoms with van der Waals surface area (Å²) in [6.07, 6.45) is 5.20. The van der Waals surface area contributed by atoms with Crippen LogP contribution in [0.5, 0.6) is 0 Å². The average molecular weight is 340 g/mol. The summed E-state index contributed by atoms with van der Waals surface area (Å²) in [5, 5.41) is 7.19. The van der Waals surface area contributed by atoms with Gasteiger partial charge in [-0.25, -0.2) is 4.68 Å². The summed E-state index contributed by atoms with van der Waals surface area (Å²) in [7, 11) is 0. The van der Waals surface area contributed by atoms with Crippen molar-refractivity contribution in [1.82, 2.24) is 9.78 Å². The minimum absolute atomic E-state index is 0.154. The molecule has 2 aromatic rings. The molecule has 6 nitrogen and oxygen atoms in total. The molecule has 0 bridgehead atoms. The average Bonchev–Trinajstić information content (AvgIpc) is 3.09. The summed E-state index contributed by atoms with van der Waals surface area (Å²) in [6.45, 7) is 4.89. The first-order valence-electron chi connectivity index (χ1n) is 8.85. The summed E-state index contributed by atoms with van der Waals surface area (Å²) in [5.41, 5.74) is 1.41. The van der Waals surface area contributed by atoms with Gasteiger partial charge in [-0.2, -0.15) is 5.10 Å². The Morgan fingerprint density at radius 1 is 1.24 bits per heavy atom. The largest absolute Gasteiger partial charge is 0.312 e. The molecule has 25 heavy (non-hydrogen) atoms. The molecule has 1 N–H and O–H groups in total. The molecule has 1 aromatic carbocycles. The molecule has 0 aliphatic carbocycles. The third-order valence-electron chi connectivity index (χ3n) is 4.68. The lowest BCUT2D eigenvalue weighted by Crippen LogP contribution is -2.35. The Labute approximate surface area is 147 Å². The predicted octanol–water partition coefficient (Wildman–Crippen LogP) is 3.62. The zero-order valence-corrected chi connectivity index (χ0v) is 14.7. The van der Waals surface area contributed by atoms with Crippen LogP contribution >= 0.6 is 0 Å². The number of nitrogens with zero attached hydrogens (tertiary/aromatic N) is 3. The van der Waals surface area contributed by atoms with Gasteiger partial charge in [0.05, 0.1) is 12.2 Å². The lowest BCUT2D eigenvalue weighted by Gasteiger charge is -2.26. The van der Waals surface area contributed by atoms with Gasteiger partial charge in [0.2, 0.25) is 5.91 Å². The van der Waals surface area contributed by atoms with E-state index in [-0.39, 0.29) is 17.9 Å². The normalized spacial score (nSPS) is 15.9. The molecular weight excluding hydrogens is 316 g/mol. The Balaban J connectivity index is 1.71. The summed E-state index contributed by atoms with van der Waals surface area (Å²) >= 11 is 0. The zero-order chi connectivity index (χ0) is 17.8. The molecule has 0 saturated carbocycles. The maximum Gasteiger partial charge on any atom is 0.256 e. The van der Waals surface area contributed by atoms with Gasteiger partial charge in [0, 0.05) is 30.3 Å². The fraction of sp³-hybridized carbons (Fsp3) is 0.421. The second-order valence-corrected chi connectivity index (χ2v) is 6.42. The third kappa shape index (κ3) is 3.73. The van der Waals surface area contributed by atoms with Crippen LogP contribution < -0.4 is 10.2 Å². The van der Waals surface area contributed by atoms with Crippen LogP contribution in [-0.4, -0.2) is 28.1 Å². The maximum atomic E-state index is 12.5. The van der Waals surface area contributed by atoms with Crippen molar-refractivity contribution in [2.75, 3.05) is 16.8 Å². The molecule has 132 valence electrons. The van der Waals surface area contributed by atoms with E-state index in [0.717, 1.165) is 31.5 Å². The van der Waals surface area contributed by atoms with E-state index in [0.29, 0.717) is 17.8 Å². The number of carbonyl (C=O) groups excluding carboxylic acids is 2. The molecule has 1 fully saturated rings. The standard InChI is InChI=1S/C19H24N4O2/c1-3-14(2)23-17(11-12-20-23)21-19(25)15-7-9-16(10-8-15)22-13-5-4-6-18(22)24/h7-12,14H,3-6,13H2,1-2H3,(H,21,25). The van der Waals surface area contributed by atoms with Crippen LogP contribution in [0.25, 0.3) is 0 Å². The van der Waals surface area contributed by atoms with Crippen molar-refractivity contribution in [2.24, 2.45) is 0 Å². The minimum atomic E-state index is -0.179. The van der Waals surface area contributed by atoms with Crippen molar-refractivity contribution < 1.29 is 9.59 Å². The number of amides is 2. The van der Waals surface area contributed by atoms with E-state index < -0.39 is 0 Å². The van der Waals surface area contributed by atoms with E-state index in [2.05, 4.69) is 24.3 Å². The van der Waals surface area contributed by atoms with E-state index in [4.69, 9.17) is 0 Å². The summed E-state index contributed by atoms with van der Waals surface area (Å²) in [4.78, 5) is 26.3. The highest BCUT2D eigenvalue weighted by molar-refractivity contribution is 6.04. The Morgan fingerprint density at radius 3 is 2.68 bits per heavy atom. The third-order valence-corrected chi connectivity index (χ3v) is 4.68. The molecule has 1 aliphatic heterocycles.